The summed E-state index contributed by atoms with van der Waals surface area (Å²) in [5.74, 6) is 2.30. The lowest BCUT2D eigenvalue weighted by Crippen LogP contribution is -2.13. The number of aromatic nitrogens is 2. The Labute approximate surface area is 151 Å². The third-order valence-corrected chi connectivity index (χ3v) is 3.79. The van der Waals surface area contributed by atoms with E-state index < -0.39 is 0 Å². The van der Waals surface area contributed by atoms with Crippen LogP contribution < -0.4 is 15.4 Å². The fourth-order valence-corrected chi connectivity index (χ4v) is 2.48. The number of carbonyl (C=O) groups excluding carboxylic acids is 1. The number of ether oxygens (including phenoxy) is 1. The molecule has 0 spiro atoms. The molecule has 7 nitrogen and oxygen atoms in total. The Balaban J connectivity index is 1.53. The molecule has 7 heteroatoms. The van der Waals surface area contributed by atoms with Gasteiger partial charge < -0.3 is 19.9 Å². The van der Waals surface area contributed by atoms with Gasteiger partial charge in [-0.3, -0.25) is 4.79 Å². The van der Waals surface area contributed by atoms with Gasteiger partial charge in [0.2, 0.25) is 0 Å². The van der Waals surface area contributed by atoms with Crippen molar-refractivity contribution in [3.8, 4) is 5.75 Å². The molecule has 2 N–H and O–H groups in total. The zero-order valence-electron chi connectivity index (χ0n) is 14.7. The molecule has 26 heavy (non-hydrogen) atoms. The lowest BCUT2D eigenvalue weighted by atomic mass is 10.1. The van der Waals surface area contributed by atoms with Gasteiger partial charge in [0.05, 0.1) is 12.7 Å². The number of hydrogen-bond acceptors (Lipinski definition) is 6. The highest BCUT2D eigenvalue weighted by atomic mass is 16.5. The molecule has 3 rings (SSSR count). The van der Waals surface area contributed by atoms with Crippen LogP contribution in [0.4, 0.5) is 11.6 Å². The van der Waals surface area contributed by atoms with Gasteiger partial charge in [-0.2, -0.15) is 0 Å². The molecule has 0 fully saturated rings. The van der Waals surface area contributed by atoms with Crippen LogP contribution in [0.2, 0.25) is 0 Å². The van der Waals surface area contributed by atoms with E-state index in [1.54, 1.807) is 32.2 Å². The molecule has 0 atom stereocenters. The number of nitrogens with one attached hydrogen (secondary N) is 2. The molecule has 3 aromatic rings. The lowest BCUT2D eigenvalue weighted by molar-refractivity contribution is 0.102. The number of benzene rings is 1. The summed E-state index contributed by atoms with van der Waals surface area (Å²) in [6.45, 7) is 2.47. The maximum absolute atomic E-state index is 12.1. The third-order valence-electron chi connectivity index (χ3n) is 3.79. The van der Waals surface area contributed by atoms with Crippen LogP contribution in [-0.2, 0) is 6.42 Å². The van der Waals surface area contributed by atoms with Gasteiger partial charge in [0.1, 0.15) is 17.3 Å². The summed E-state index contributed by atoms with van der Waals surface area (Å²) in [6.07, 6.45) is 2.33. The zero-order chi connectivity index (χ0) is 18.4. The van der Waals surface area contributed by atoms with Crippen molar-refractivity contribution in [1.82, 2.24) is 10.1 Å². The SMILES string of the molecule is COc1ccccc1CCNc1ccc(C(=O)Nc2cc(C)on2)cn1. The van der Waals surface area contributed by atoms with E-state index in [0.29, 0.717) is 29.5 Å². The van der Waals surface area contributed by atoms with E-state index in [9.17, 15) is 4.79 Å². The minimum Gasteiger partial charge on any atom is -0.496 e. The van der Waals surface area contributed by atoms with Gasteiger partial charge in [-0.1, -0.05) is 23.4 Å². The lowest BCUT2D eigenvalue weighted by Gasteiger charge is -2.09. The number of methoxy groups -OCH3 is 1. The van der Waals surface area contributed by atoms with Gasteiger partial charge in [0.15, 0.2) is 5.82 Å². The highest BCUT2D eigenvalue weighted by Gasteiger charge is 2.09. The molecular formula is C19H20N4O3. The Morgan fingerprint density at radius 1 is 1.19 bits per heavy atom. The first kappa shape index (κ1) is 17.5. The molecule has 1 amide bonds. The quantitative estimate of drug-likeness (QED) is 0.678. The largest absolute Gasteiger partial charge is 0.496 e. The summed E-state index contributed by atoms with van der Waals surface area (Å²) in [5, 5.41) is 9.63. The Kier molecular flexibility index (Phi) is 5.48. The van der Waals surface area contributed by atoms with Crippen molar-refractivity contribution in [3.05, 3.63) is 65.5 Å². The summed E-state index contributed by atoms with van der Waals surface area (Å²) in [5.41, 5.74) is 1.57. The second-order valence-electron chi connectivity index (χ2n) is 5.70. The first-order valence-electron chi connectivity index (χ1n) is 8.22. The number of aryl methyl sites for hydroxylation is 1. The highest BCUT2D eigenvalue weighted by molar-refractivity contribution is 6.03. The molecule has 0 unspecified atom stereocenters. The van der Waals surface area contributed by atoms with Crippen LogP contribution in [0.3, 0.4) is 0 Å². The highest BCUT2D eigenvalue weighted by Crippen LogP contribution is 2.18. The van der Waals surface area contributed by atoms with Crippen molar-refractivity contribution in [2.24, 2.45) is 0 Å². The molecule has 0 aliphatic carbocycles. The molecule has 0 aliphatic heterocycles. The number of amides is 1. The number of pyridine rings is 1. The monoisotopic (exact) mass is 352 g/mol. The first-order chi connectivity index (χ1) is 12.7. The van der Waals surface area contributed by atoms with E-state index in [1.807, 2.05) is 24.3 Å². The predicted octanol–water partition coefficient (Wildman–Crippen LogP) is 3.29. The molecule has 0 aliphatic rings. The van der Waals surface area contributed by atoms with Gasteiger partial charge in [-0.25, -0.2) is 4.98 Å². The van der Waals surface area contributed by atoms with E-state index in [1.165, 1.54) is 6.20 Å². The third kappa shape index (κ3) is 4.38. The van der Waals surface area contributed by atoms with Crippen LogP contribution >= 0.6 is 0 Å². The number of nitrogens with zero attached hydrogens (tertiary/aromatic N) is 2. The molecule has 0 saturated carbocycles. The van der Waals surface area contributed by atoms with Crippen molar-refractivity contribution >= 4 is 17.5 Å². The van der Waals surface area contributed by atoms with E-state index in [-0.39, 0.29) is 5.91 Å². The molecular weight excluding hydrogens is 332 g/mol. The van der Waals surface area contributed by atoms with Crippen molar-refractivity contribution < 1.29 is 14.1 Å². The minimum absolute atomic E-state index is 0.286. The second-order valence-corrected chi connectivity index (χ2v) is 5.70. The summed E-state index contributed by atoms with van der Waals surface area (Å²) < 4.78 is 10.3. The van der Waals surface area contributed by atoms with Crippen molar-refractivity contribution in [3.63, 3.8) is 0 Å². The van der Waals surface area contributed by atoms with E-state index in [4.69, 9.17) is 9.26 Å². The second kappa shape index (κ2) is 8.15. The predicted molar refractivity (Wildman–Crippen MR) is 98.6 cm³/mol. The number of hydrogen-bond donors (Lipinski definition) is 2. The molecule has 0 bridgehead atoms. The molecule has 2 aromatic heterocycles. The van der Waals surface area contributed by atoms with Gasteiger partial charge in [0.25, 0.3) is 5.91 Å². The number of para-hydroxylation sites is 1. The Hall–Kier alpha value is -3.35. The Morgan fingerprint density at radius 3 is 2.73 bits per heavy atom. The van der Waals surface area contributed by atoms with E-state index >= 15 is 0 Å². The molecule has 0 radical (unpaired) electrons. The zero-order valence-corrected chi connectivity index (χ0v) is 14.7. The Bertz CT molecular complexity index is 875. The van der Waals surface area contributed by atoms with Crippen molar-refractivity contribution in [2.75, 3.05) is 24.3 Å². The van der Waals surface area contributed by atoms with E-state index in [0.717, 1.165) is 17.7 Å². The van der Waals surface area contributed by atoms with Crippen LogP contribution in [0.25, 0.3) is 0 Å². The minimum atomic E-state index is -0.286. The molecule has 1 aromatic carbocycles. The van der Waals surface area contributed by atoms with Crippen LogP contribution in [0.5, 0.6) is 5.75 Å². The molecule has 2 heterocycles. The summed E-state index contributed by atoms with van der Waals surface area (Å²) in [7, 11) is 1.66. The van der Waals surface area contributed by atoms with Gasteiger partial charge >= 0.3 is 0 Å². The number of rotatable bonds is 7. The molecule has 134 valence electrons. The van der Waals surface area contributed by atoms with E-state index in [2.05, 4.69) is 20.8 Å². The van der Waals surface area contributed by atoms with Crippen LogP contribution in [0, 0.1) is 6.92 Å². The maximum Gasteiger partial charge on any atom is 0.258 e. The normalized spacial score (nSPS) is 10.4. The fourth-order valence-electron chi connectivity index (χ4n) is 2.48. The summed E-state index contributed by atoms with van der Waals surface area (Å²) in [4.78, 5) is 16.4. The average Bonchev–Trinajstić information content (AvgIpc) is 3.07. The summed E-state index contributed by atoms with van der Waals surface area (Å²) >= 11 is 0. The van der Waals surface area contributed by atoms with Crippen LogP contribution in [-0.4, -0.2) is 29.7 Å². The van der Waals surface area contributed by atoms with Crippen LogP contribution in [0.1, 0.15) is 21.7 Å². The number of carbonyl (C=O) groups is 1. The van der Waals surface area contributed by atoms with Crippen LogP contribution in [0.15, 0.2) is 53.2 Å². The fraction of sp³-hybridized carbons (Fsp3) is 0.211. The average molecular weight is 352 g/mol. The van der Waals surface area contributed by atoms with Gasteiger partial charge in [-0.15, -0.1) is 0 Å². The summed E-state index contributed by atoms with van der Waals surface area (Å²) in [6, 6.07) is 13.0. The standard InChI is InChI=1S/C19H20N4O3/c1-13-11-18(23-26-13)22-19(24)15-7-8-17(21-12-15)20-10-9-14-5-3-4-6-16(14)25-2/h3-8,11-12H,9-10H2,1-2H3,(H,20,21)(H,22,23,24). The Morgan fingerprint density at radius 2 is 2.04 bits per heavy atom. The smallest absolute Gasteiger partial charge is 0.258 e. The van der Waals surface area contributed by atoms with Crippen molar-refractivity contribution in [2.45, 2.75) is 13.3 Å². The van der Waals surface area contributed by atoms with Crippen molar-refractivity contribution in [1.29, 1.82) is 0 Å². The first-order valence-corrected chi connectivity index (χ1v) is 8.22. The van der Waals surface area contributed by atoms with Gasteiger partial charge in [0, 0.05) is 18.8 Å². The van der Waals surface area contributed by atoms with Gasteiger partial charge in [-0.05, 0) is 37.1 Å². The molecule has 0 saturated heterocycles. The topological polar surface area (TPSA) is 89.3 Å². The number of anilines is 2. The maximum atomic E-state index is 12.1.